The number of likely N-dealkylation sites (N-methyl/N-ethyl adjacent to an activating group) is 2. The molecule has 0 aliphatic carbocycles. The molecule has 100 valence electrons. The van der Waals surface area contributed by atoms with Gasteiger partial charge in [0.25, 0.3) is 0 Å². The van der Waals surface area contributed by atoms with Crippen molar-refractivity contribution in [2.45, 2.75) is 31.8 Å². The smallest absolute Gasteiger partial charge is 0.242 e. The van der Waals surface area contributed by atoms with E-state index in [-0.39, 0.29) is 5.91 Å². The Morgan fingerprint density at radius 3 is 2.72 bits per heavy atom. The van der Waals surface area contributed by atoms with Gasteiger partial charge in [-0.25, -0.2) is 0 Å². The molecule has 1 aliphatic rings. The second kappa shape index (κ2) is 6.05. The number of aromatic nitrogens is 1. The Morgan fingerprint density at radius 1 is 1.33 bits per heavy atom. The molecule has 0 radical (unpaired) electrons. The van der Waals surface area contributed by atoms with E-state index >= 15 is 0 Å². The van der Waals surface area contributed by atoms with Gasteiger partial charge in [0.05, 0.1) is 0 Å². The zero-order valence-electron chi connectivity index (χ0n) is 11.4. The lowest BCUT2D eigenvalue weighted by Gasteiger charge is -2.35. The lowest BCUT2D eigenvalue weighted by atomic mass is 10.0. The van der Waals surface area contributed by atoms with E-state index in [2.05, 4.69) is 11.9 Å². The van der Waals surface area contributed by atoms with Crippen LogP contribution in [-0.2, 0) is 11.3 Å². The standard InChI is InChI=1S/C14H23N3O/c1-15-8-4-3-7-13(15)11-16(2)14(18)12-17-9-5-6-10-17/h5-6,9-10,13H,3-4,7-8,11-12H2,1-2H3. The predicted octanol–water partition coefficient (Wildman–Crippen LogP) is 1.43. The molecule has 0 aromatic carbocycles. The summed E-state index contributed by atoms with van der Waals surface area (Å²) in [6.07, 6.45) is 7.64. The first kappa shape index (κ1) is 13.1. The Hall–Kier alpha value is -1.29. The van der Waals surface area contributed by atoms with Crippen LogP contribution in [0.1, 0.15) is 19.3 Å². The van der Waals surface area contributed by atoms with Crippen LogP contribution in [0.4, 0.5) is 0 Å². The molecular weight excluding hydrogens is 226 g/mol. The topological polar surface area (TPSA) is 28.5 Å². The first-order valence-corrected chi connectivity index (χ1v) is 6.72. The van der Waals surface area contributed by atoms with Gasteiger partial charge >= 0.3 is 0 Å². The molecule has 1 fully saturated rings. The van der Waals surface area contributed by atoms with Crippen LogP contribution in [0.2, 0.25) is 0 Å². The van der Waals surface area contributed by atoms with Crippen LogP contribution < -0.4 is 0 Å². The average Bonchev–Trinajstić information content (AvgIpc) is 2.84. The van der Waals surface area contributed by atoms with Gasteiger partial charge in [-0.05, 0) is 38.6 Å². The highest BCUT2D eigenvalue weighted by atomic mass is 16.2. The molecule has 0 saturated carbocycles. The highest BCUT2D eigenvalue weighted by Crippen LogP contribution is 2.15. The van der Waals surface area contributed by atoms with Crippen molar-refractivity contribution in [3.8, 4) is 0 Å². The van der Waals surface area contributed by atoms with Crippen molar-refractivity contribution in [3.05, 3.63) is 24.5 Å². The summed E-state index contributed by atoms with van der Waals surface area (Å²) in [6.45, 7) is 2.45. The van der Waals surface area contributed by atoms with Crippen LogP contribution in [0.15, 0.2) is 24.5 Å². The number of hydrogen-bond acceptors (Lipinski definition) is 2. The molecule has 4 nitrogen and oxygen atoms in total. The summed E-state index contributed by atoms with van der Waals surface area (Å²) in [6, 6.07) is 4.42. The number of rotatable bonds is 4. The van der Waals surface area contributed by atoms with Gasteiger partial charge in [0.15, 0.2) is 0 Å². The maximum atomic E-state index is 12.1. The van der Waals surface area contributed by atoms with Gasteiger partial charge < -0.3 is 14.4 Å². The fraction of sp³-hybridized carbons (Fsp3) is 0.643. The monoisotopic (exact) mass is 249 g/mol. The largest absolute Gasteiger partial charge is 0.345 e. The quantitative estimate of drug-likeness (QED) is 0.807. The molecule has 1 aromatic rings. The first-order valence-electron chi connectivity index (χ1n) is 6.72. The van der Waals surface area contributed by atoms with E-state index < -0.39 is 0 Å². The normalized spacial score (nSPS) is 20.9. The average molecular weight is 249 g/mol. The van der Waals surface area contributed by atoms with E-state index in [0.717, 1.165) is 13.1 Å². The van der Waals surface area contributed by atoms with Gasteiger partial charge in [-0.1, -0.05) is 6.42 Å². The molecule has 0 bridgehead atoms. The number of nitrogens with zero attached hydrogens (tertiary/aromatic N) is 3. The van der Waals surface area contributed by atoms with Gasteiger partial charge in [0, 0.05) is 32.0 Å². The van der Waals surface area contributed by atoms with Crippen LogP contribution in [0.25, 0.3) is 0 Å². The minimum Gasteiger partial charge on any atom is -0.345 e. The lowest BCUT2D eigenvalue weighted by molar-refractivity contribution is -0.131. The van der Waals surface area contributed by atoms with E-state index in [0.29, 0.717) is 12.6 Å². The molecule has 1 aliphatic heterocycles. The molecule has 1 aromatic heterocycles. The van der Waals surface area contributed by atoms with Crippen molar-refractivity contribution in [2.75, 3.05) is 27.2 Å². The number of likely N-dealkylation sites (tertiary alicyclic amines) is 1. The van der Waals surface area contributed by atoms with Crippen LogP contribution >= 0.6 is 0 Å². The molecular formula is C14H23N3O. The van der Waals surface area contributed by atoms with Gasteiger partial charge in [-0.3, -0.25) is 4.79 Å². The summed E-state index contributed by atoms with van der Waals surface area (Å²) in [4.78, 5) is 16.3. The predicted molar refractivity (Wildman–Crippen MR) is 72.3 cm³/mol. The summed E-state index contributed by atoms with van der Waals surface area (Å²) < 4.78 is 1.92. The number of piperidine rings is 1. The SMILES string of the molecule is CN(CC1CCCCN1C)C(=O)Cn1cccc1. The second-order valence-corrected chi connectivity index (χ2v) is 5.26. The third-order valence-electron chi connectivity index (χ3n) is 3.82. The number of carbonyl (C=O) groups excluding carboxylic acids is 1. The van der Waals surface area contributed by atoms with Crippen molar-refractivity contribution in [2.24, 2.45) is 0 Å². The second-order valence-electron chi connectivity index (χ2n) is 5.26. The van der Waals surface area contributed by atoms with E-state index in [1.165, 1.54) is 19.3 Å². The van der Waals surface area contributed by atoms with Gasteiger partial charge in [0.1, 0.15) is 6.54 Å². The van der Waals surface area contributed by atoms with Gasteiger partial charge in [0.2, 0.25) is 5.91 Å². The first-order chi connectivity index (χ1) is 8.66. The Bertz CT molecular complexity index is 374. The molecule has 18 heavy (non-hydrogen) atoms. The third-order valence-corrected chi connectivity index (χ3v) is 3.82. The lowest BCUT2D eigenvalue weighted by Crippen LogP contribution is -2.45. The Labute approximate surface area is 109 Å². The van der Waals surface area contributed by atoms with Gasteiger partial charge in [-0.2, -0.15) is 0 Å². The van der Waals surface area contributed by atoms with Crippen molar-refractivity contribution in [1.29, 1.82) is 0 Å². The number of carbonyl (C=O) groups is 1. The molecule has 1 unspecified atom stereocenters. The molecule has 0 N–H and O–H groups in total. The van der Waals surface area contributed by atoms with Crippen molar-refractivity contribution in [1.82, 2.24) is 14.4 Å². The molecule has 1 atom stereocenters. The zero-order chi connectivity index (χ0) is 13.0. The molecule has 2 rings (SSSR count). The van der Waals surface area contributed by atoms with Gasteiger partial charge in [-0.15, -0.1) is 0 Å². The molecule has 1 amide bonds. The fourth-order valence-corrected chi connectivity index (χ4v) is 2.55. The molecule has 1 saturated heterocycles. The van der Waals surface area contributed by atoms with Crippen LogP contribution in [0, 0.1) is 0 Å². The highest BCUT2D eigenvalue weighted by molar-refractivity contribution is 5.75. The van der Waals surface area contributed by atoms with Crippen molar-refractivity contribution < 1.29 is 4.79 Å². The fourth-order valence-electron chi connectivity index (χ4n) is 2.55. The van der Waals surface area contributed by atoms with Crippen molar-refractivity contribution in [3.63, 3.8) is 0 Å². The Balaban J connectivity index is 1.83. The summed E-state index contributed by atoms with van der Waals surface area (Å²) >= 11 is 0. The van der Waals surface area contributed by atoms with Crippen LogP contribution in [0.5, 0.6) is 0 Å². The molecule has 2 heterocycles. The number of amides is 1. The summed E-state index contributed by atoms with van der Waals surface area (Å²) in [5.41, 5.74) is 0. The maximum Gasteiger partial charge on any atom is 0.242 e. The van der Waals surface area contributed by atoms with E-state index in [1.807, 2.05) is 41.0 Å². The maximum absolute atomic E-state index is 12.1. The summed E-state index contributed by atoms with van der Waals surface area (Å²) in [5.74, 6) is 0.185. The third kappa shape index (κ3) is 3.35. The van der Waals surface area contributed by atoms with Crippen LogP contribution in [-0.4, -0.2) is 53.5 Å². The number of hydrogen-bond donors (Lipinski definition) is 0. The zero-order valence-corrected chi connectivity index (χ0v) is 11.4. The molecule has 0 spiro atoms. The molecule has 4 heteroatoms. The highest BCUT2D eigenvalue weighted by Gasteiger charge is 2.22. The minimum absolute atomic E-state index is 0.185. The minimum atomic E-state index is 0.185. The Morgan fingerprint density at radius 2 is 2.06 bits per heavy atom. The summed E-state index contributed by atoms with van der Waals surface area (Å²) in [7, 11) is 4.07. The van der Waals surface area contributed by atoms with Crippen molar-refractivity contribution >= 4 is 5.91 Å². The van der Waals surface area contributed by atoms with E-state index in [1.54, 1.807) is 0 Å². The Kier molecular flexibility index (Phi) is 4.42. The summed E-state index contributed by atoms with van der Waals surface area (Å²) in [5, 5.41) is 0. The van der Waals surface area contributed by atoms with E-state index in [4.69, 9.17) is 0 Å². The van der Waals surface area contributed by atoms with Crippen LogP contribution in [0.3, 0.4) is 0 Å². The van der Waals surface area contributed by atoms with E-state index in [9.17, 15) is 4.79 Å².